The molecule has 35 heavy (non-hydrogen) atoms. The number of amides is 2. The molecule has 0 radical (unpaired) electrons. The van der Waals surface area contributed by atoms with E-state index in [4.69, 9.17) is 5.73 Å². The lowest BCUT2D eigenvalue weighted by Gasteiger charge is -2.32. The Balaban J connectivity index is 1.14. The summed E-state index contributed by atoms with van der Waals surface area (Å²) in [7, 11) is 0. The Morgan fingerprint density at radius 2 is 1.97 bits per heavy atom. The normalized spacial score (nSPS) is 20.5. The molecule has 10 heteroatoms. The molecule has 0 aromatic heterocycles. The second kappa shape index (κ2) is 8.09. The lowest BCUT2D eigenvalue weighted by molar-refractivity contribution is -0.123. The van der Waals surface area contributed by atoms with Gasteiger partial charge in [-0.1, -0.05) is 48.2 Å². The number of benzene rings is 2. The van der Waals surface area contributed by atoms with Crippen LogP contribution in [0.15, 0.2) is 61.9 Å². The number of aliphatic imine (C=N–C) groups is 1. The number of hydrogen-bond acceptors (Lipinski definition) is 8. The number of nitrogens with two attached hydrogens (primary N) is 1. The zero-order valence-electron chi connectivity index (χ0n) is 18.5. The van der Waals surface area contributed by atoms with E-state index in [0.29, 0.717) is 18.8 Å². The standard InChI is InChI=1S/C25H21N5O4S/c26-18-19(21(32)20(18)31)30-8-7-13-6-5-12(9-14(13)11-30)10-27-24(34)22-28-23(33)17-15-3-1-2-4-16(15)35-25(17)29-22/h1-6,9,17,25H,7-8,10-11,26H2,(H,27,34)(H,28,29,33). The number of hydrogen-bond donors (Lipinski definition) is 3. The predicted octanol–water partition coefficient (Wildman–Crippen LogP) is 0.788. The summed E-state index contributed by atoms with van der Waals surface area (Å²) in [6.45, 7) is 1.34. The number of nitrogen functional groups attached to an aromatic ring is 1. The summed E-state index contributed by atoms with van der Waals surface area (Å²) in [5.74, 6) is -1.03. The van der Waals surface area contributed by atoms with Crippen LogP contribution in [0.4, 0.5) is 11.4 Å². The summed E-state index contributed by atoms with van der Waals surface area (Å²) in [6.07, 6.45) is 0.728. The summed E-state index contributed by atoms with van der Waals surface area (Å²) < 4.78 is 0. The first-order chi connectivity index (χ1) is 16.9. The lowest BCUT2D eigenvalue weighted by atomic mass is 9.96. The van der Waals surface area contributed by atoms with Crippen LogP contribution in [-0.4, -0.2) is 29.6 Å². The highest BCUT2D eigenvalue weighted by Gasteiger charge is 2.42. The molecule has 3 heterocycles. The second-order valence-corrected chi connectivity index (χ2v) is 10.0. The zero-order chi connectivity index (χ0) is 24.3. The van der Waals surface area contributed by atoms with Crippen LogP contribution in [0.2, 0.25) is 0 Å². The molecular weight excluding hydrogens is 466 g/mol. The van der Waals surface area contributed by atoms with Gasteiger partial charge in [-0.3, -0.25) is 19.2 Å². The molecule has 6 rings (SSSR count). The molecule has 3 aliphatic rings. The van der Waals surface area contributed by atoms with Crippen LogP contribution < -0.4 is 32.1 Å². The van der Waals surface area contributed by atoms with Gasteiger partial charge in [0.2, 0.25) is 5.91 Å². The van der Waals surface area contributed by atoms with Gasteiger partial charge in [-0.15, -0.1) is 0 Å². The maximum absolute atomic E-state index is 12.8. The topological polar surface area (TPSA) is 134 Å². The smallest absolute Gasteiger partial charge is 0.287 e. The third-order valence-corrected chi connectivity index (χ3v) is 8.00. The van der Waals surface area contributed by atoms with Crippen molar-refractivity contribution in [1.82, 2.24) is 10.6 Å². The first-order valence-electron chi connectivity index (χ1n) is 11.3. The number of rotatable bonds is 4. The molecule has 176 valence electrons. The van der Waals surface area contributed by atoms with E-state index in [1.54, 1.807) is 0 Å². The van der Waals surface area contributed by atoms with Gasteiger partial charge in [0.25, 0.3) is 16.8 Å². The first-order valence-corrected chi connectivity index (χ1v) is 12.2. The molecule has 3 aromatic carbocycles. The molecule has 0 saturated carbocycles. The molecular formula is C25H21N5O4S. The molecule has 3 aromatic rings. The Bertz CT molecular complexity index is 1510. The average molecular weight is 488 g/mol. The van der Waals surface area contributed by atoms with Crippen molar-refractivity contribution in [3.05, 3.63) is 85.2 Å². The lowest BCUT2D eigenvalue weighted by Crippen LogP contribution is -2.49. The molecule has 4 N–H and O–H groups in total. The molecule has 2 amide bonds. The van der Waals surface area contributed by atoms with Crippen LogP contribution in [0, 0.1) is 0 Å². The van der Waals surface area contributed by atoms with Crippen molar-refractivity contribution >= 4 is 40.8 Å². The van der Waals surface area contributed by atoms with Gasteiger partial charge in [0.05, 0.1) is 5.92 Å². The highest BCUT2D eigenvalue weighted by Crippen LogP contribution is 2.47. The third-order valence-electron chi connectivity index (χ3n) is 6.76. The SMILES string of the molecule is Nc1c(N2CCc3ccc(CNC(=O)C4=NC5Sc6ccccc6C5C(=O)N4)cc3C2)c(=O)c1=O. The predicted molar refractivity (Wildman–Crippen MR) is 133 cm³/mol. The Labute approximate surface area is 204 Å². The Morgan fingerprint density at radius 1 is 1.14 bits per heavy atom. The summed E-state index contributed by atoms with van der Waals surface area (Å²) in [4.78, 5) is 56.3. The van der Waals surface area contributed by atoms with E-state index < -0.39 is 22.7 Å². The molecule has 0 saturated heterocycles. The van der Waals surface area contributed by atoms with Crippen LogP contribution in [0.3, 0.4) is 0 Å². The molecule has 0 bridgehead atoms. The minimum absolute atomic E-state index is 0.0243. The average Bonchev–Trinajstić information content (AvgIpc) is 3.26. The monoisotopic (exact) mass is 487 g/mol. The van der Waals surface area contributed by atoms with E-state index in [2.05, 4.69) is 15.6 Å². The van der Waals surface area contributed by atoms with Crippen molar-refractivity contribution in [2.75, 3.05) is 17.2 Å². The van der Waals surface area contributed by atoms with Crippen LogP contribution in [0.25, 0.3) is 0 Å². The number of anilines is 2. The van der Waals surface area contributed by atoms with Crippen LogP contribution in [0.5, 0.6) is 0 Å². The largest absolute Gasteiger partial charge is 0.394 e. The zero-order valence-corrected chi connectivity index (χ0v) is 19.4. The Kier molecular flexibility index (Phi) is 4.99. The number of amidine groups is 1. The summed E-state index contributed by atoms with van der Waals surface area (Å²) in [5.41, 5.74) is 8.90. The van der Waals surface area contributed by atoms with E-state index in [9.17, 15) is 19.2 Å². The maximum Gasteiger partial charge on any atom is 0.287 e. The van der Waals surface area contributed by atoms with Gasteiger partial charge in [-0.05, 0) is 34.7 Å². The van der Waals surface area contributed by atoms with E-state index in [1.807, 2.05) is 47.4 Å². The fourth-order valence-electron chi connectivity index (χ4n) is 4.93. The number of nitrogens with one attached hydrogen (secondary N) is 2. The number of fused-ring (bicyclic) bond motifs is 4. The van der Waals surface area contributed by atoms with Crippen molar-refractivity contribution in [2.45, 2.75) is 35.7 Å². The molecule has 0 aliphatic carbocycles. The number of nitrogens with zero attached hydrogens (tertiary/aromatic N) is 2. The van der Waals surface area contributed by atoms with Gasteiger partial charge in [0.15, 0.2) is 5.84 Å². The summed E-state index contributed by atoms with van der Waals surface area (Å²) in [5, 5.41) is 5.15. The van der Waals surface area contributed by atoms with Crippen LogP contribution in [0.1, 0.15) is 28.2 Å². The van der Waals surface area contributed by atoms with Gasteiger partial charge in [-0.25, -0.2) is 4.99 Å². The minimum Gasteiger partial charge on any atom is -0.394 e. The molecule has 2 atom stereocenters. The Hall–Kier alpha value is -3.92. The summed E-state index contributed by atoms with van der Waals surface area (Å²) in [6, 6.07) is 13.6. The van der Waals surface area contributed by atoms with Crippen LogP contribution >= 0.6 is 11.8 Å². The van der Waals surface area contributed by atoms with Crippen molar-refractivity contribution < 1.29 is 9.59 Å². The quantitative estimate of drug-likeness (QED) is 0.463. The van der Waals surface area contributed by atoms with E-state index in [1.165, 1.54) is 11.8 Å². The third kappa shape index (κ3) is 3.52. The van der Waals surface area contributed by atoms with Crippen LogP contribution in [-0.2, 0) is 29.1 Å². The molecule has 0 spiro atoms. The van der Waals surface area contributed by atoms with Crippen molar-refractivity contribution in [2.24, 2.45) is 4.99 Å². The van der Waals surface area contributed by atoms with Crippen molar-refractivity contribution in [1.29, 1.82) is 0 Å². The van der Waals surface area contributed by atoms with Gasteiger partial charge in [0, 0.05) is 24.5 Å². The molecule has 9 nitrogen and oxygen atoms in total. The molecule has 0 fully saturated rings. The first kappa shape index (κ1) is 21.6. The van der Waals surface area contributed by atoms with Crippen molar-refractivity contribution in [3.63, 3.8) is 0 Å². The second-order valence-electron chi connectivity index (χ2n) is 8.87. The number of carbonyl (C=O) groups excluding carboxylic acids is 2. The Morgan fingerprint density at radius 3 is 2.80 bits per heavy atom. The van der Waals surface area contributed by atoms with Gasteiger partial charge < -0.3 is 21.3 Å². The number of thioether (sulfide) groups is 1. The minimum atomic E-state index is -0.619. The van der Waals surface area contributed by atoms with E-state index >= 15 is 0 Å². The van der Waals surface area contributed by atoms with E-state index in [-0.39, 0.29) is 29.3 Å². The van der Waals surface area contributed by atoms with E-state index in [0.717, 1.165) is 33.6 Å². The fourth-order valence-corrected chi connectivity index (χ4v) is 6.24. The highest BCUT2D eigenvalue weighted by molar-refractivity contribution is 8.00. The van der Waals surface area contributed by atoms with Gasteiger partial charge >= 0.3 is 0 Å². The van der Waals surface area contributed by atoms with Crippen molar-refractivity contribution in [3.8, 4) is 0 Å². The fraction of sp³-hybridized carbons (Fsp3) is 0.240. The molecule has 2 unspecified atom stereocenters. The maximum atomic E-state index is 12.8. The highest BCUT2D eigenvalue weighted by atomic mass is 32.2. The van der Waals surface area contributed by atoms with Gasteiger partial charge in [0.1, 0.15) is 16.7 Å². The number of carbonyl (C=O) groups is 2. The summed E-state index contributed by atoms with van der Waals surface area (Å²) >= 11 is 1.49. The van der Waals surface area contributed by atoms with Gasteiger partial charge in [-0.2, -0.15) is 0 Å². The molecule has 3 aliphatic heterocycles.